The topological polar surface area (TPSA) is 58.9 Å². The highest BCUT2D eigenvalue weighted by molar-refractivity contribution is 7.19. The number of amides is 1. The number of hydrogen-bond acceptors (Lipinski definition) is 2. The molecule has 2 aromatic heterocycles. The van der Waals surface area contributed by atoms with Gasteiger partial charge in [0.1, 0.15) is 4.83 Å². The third-order valence-corrected chi connectivity index (χ3v) is 6.21. The molecule has 0 atom stereocenters. The number of rotatable bonds is 5. The SMILES string of the molecule is CCCc1c(-c2cc(C)cc(C)c2)[nH]c2sc(C(C)(C)C(N)=O)cc12. The molecule has 132 valence electrons. The first-order valence-corrected chi connectivity index (χ1v) is 9.59. The molecule has 3 aromatic rings. The van der Waals surface area contributed by atoms with Crippen LogP contribution >= 0.6 is 11.3 Å². The summed E-state index contributed by atoms with van der Waals surface area (Å²) in [4.78, 5) is 17.6. The Hall–Kier alpha value is -2.07. The standard InChI is InChI=1S/C21H26N2OS/c1-6-7-15-16-11-17(21(4,5)20(22)24)25-19(16)23-18(15)14-9-12(2)8-13(3)10-14/h8-11,23H,6-7H2,1-5H3,(H2,22,24). The molecule has 0 unspecified atom stereocenters. The van der Waals surface area contributed by atoms with Crippen LogP contribution in [0.2, 0.25) is 0 Å². The molecule has 25 heavy (non-hydrogen) atoms. The average molecular weight is 355 g/mol. The normalized spacial score (nSPS) is 12.0. The molecule has 0 aliphatic heterocycles. The fourth-order valence-electron chi connectivity index (χ4n) is 3.34. The largest absolute Gasteiger partial charge is 0.369 e. The van der Waals surface area contributed by atoms with Crippen molar-refractivity contribution in [2.75, 3.05) is 0 Å². The molecule has 3 nitrogen and oxygen atoms in total. The van der Waals surface area contributed by atoms with E-state index in [0.29, 0.717) is 0 Å². The molecule has 0 aliphatic rings. The highest BCUT2D eigenvalue weighted by Gasteiger charge is 2.30. The van der Waals surface area contributed by atoms with E-state index in [0.717, 1.165) is 22.5 Å². The van der Waals surface area contributed by atoms with Crippen molar-refractivity contribution < 1.29 is 4.79 Å². The summed E-state index contributed by atoms with van der Waals surface area (Å²) in [6.07, 6.45) is 2.09. The minimum atomic E-state index is -0.645. The molecule has 1 aromatic carbocycles. The number of aromatic amines is 1. The van der Waals surface area contributed by atoms with Crippen LogP contribution in [0.15, 0.2) is 24.3 Å². The highest BCUT2D eigenvalue weighted by atomic mass is 32.1. The third kappa shape index (κ3) is 3.11. The maximum atomic E-state index is 11.8. The van der Waals surface area contributed by atoms with Gasteiger partial charge in [-0.05, 0) is 63.4 Å². The van der Waals surface area contributed by atoms with Crippen molar-refractivity contribution in [3.05, 3.63) is 45.8 Å². The second-order valence-electron chi connectivity index (χ2n) is 7.45. The number of carbonyl (C=O) groups is 1. The second kappa shape index (κ2) is 6.34. The number of hydrogen-bond donors (Lipinski definition) is 2. The van der Waals surface area contributed by atoms with Crippen LogP contribution in [0.5, 0.6) is 0 Å². The van der Waals surface area contributed by atoms with Crippen LogP contribution in [0.25, 0.3) is 21.5 Å². The number of H-pyrrole nitrogens is 1. The Labute approximate surface area is 153 Å². The molecule has 4 heteroatoms. The van der Waals surface area contributed by atoms with Crippen LogP contribution in [0.4, 0.5) is 0 Å². The van der Waals surface area contributed by atoms with Crippen molar-refractivity contribution >= 4 is 27.5 Å². The summed E-state index contributed by atoms with van der Waals surface area (Å²) in [5, 5.41) is 1.23. The Morgan fingerprint density at radius 3 is 2.36 bits per heavy atom. The fourth-order valence-corrected chi connectivity index (χ4v) is 4.53. The maximum absolute atomic E-state index is 11.8. The predicted molar refractivity (Wildman–Crippen MR) is 107 cm³/mol. The monoisotopic (exact) mass is 354 g/mol. The fraction of sp³-hybridized carbons (Fsp3) is 0.381. The van der Waals surface area contributed by atoms with Crippen molar-refractivity contribution in [1.82, 2.24) is 4.98 Å². The molecule has 0 saturated carbocycles. The van der Waals surface area contributed by atoms with Crippen molar-refractivity contribution in [2.45, 2.75) is 52.9 Å². The number of benzene rings is 1. The summed E-state index contributed by atoms with van der Waals surface area (Å²) < 4.78 is 0. The van der Waals surface area contributed by atoms with Gasteiger partial charge in [-0.1, -0.05) is 30.5 Å². The van der Waals surface area contributed by atoms with Gasteiger partial charge in [0.25, 0.3) is 0 Å². The average Bonchev–Trinajstić information content (AvgIpc) is 3.06. The summed E-state index contributed by atoms with van der Waals surface area (Å²) in [6.45, 7) is 10.3. The van der Waals surface area contributed by atoms with Gasteiger partial charge in [0.05, 0.1) is 11.1 Å². The Morgan fingerprint density at radius 2 is 1.80 bits per heavy atom. The van der Waals surface area contributed by atoms with E-state index >= 15 is 0 Å². The first-order chi connectivity index (χ1) is 11.7. The zero-order chi connectivity index (χ0) is 18.4. The number of nitrogens with two attached hydrogens (primary N) is 1. The molecular weight excluding hydrogens is 328 g/mol. The summed E-state index contributed by atoms with van der Waals surface area (Å²) in [6, 6.07) is 8.81. The zero-order valence-electron chi connectivity index (χ0n) is 15.6. The van der Waals surface area contributed by atoms with Crippen molar-refractivity contribution in [2.24, 2.45) is 5.73 Å². The number of thiophene rings is 1. The molecule has 3 rings (SSSR count). The number of nitrogens with one attached hydrogen (secondary N) is 1. The van der Waals surface area contributed by atoms with E-state index in [1.165, 1.54) is 33.3 Å². The van der Waals surface area contributed by atoms with Crippen molar-refractivity contribution in [1.29, 1.82) is 0 Å². The van der Waals surface area contributed by atoms with E-state index < -0.39 is 5.41 Å². The minimum absolute atomic E-state index is 0.289. The predicted octanol–water partition coefficient (Wildman–Crippen LogP) is 5.23. The number of primary amides is 1. The lowest BCUT2D eigenvalue weighted by molar-refractivity contribution is -0.122. The van der Waals surface area contributed by atoms with E-state index in [-0.39, 0.29) is 5.91 Å². The Morgan fingerprint density at radius 1 is 1.16 bits per heavy atom. The molecular formula is C21H26N2OS. The van der Waals surface area contributed by atoms with Gasteiger partial charge in [-0.3, -0.25) is 4.79 Å². The van der Waals surface area contributed by atoms with Gasteiger partial charge in [-0.25, -0.2) is 0 Å². The van der Waals surface area contributed by atoms with E-state index in [1.807, 2.05) is 13.8 Å². The summed E-state index contributed by atoms with van der Waals surface area (Å²) in [7, 11) is 0. The quantitative estimate of drug-likeness (QED) is 0.647. The van der Waals surface area contributed by atoms with Crippen LogP contribution in [-0.2, 0) is 16.6 Å². The van der Waals surface area contributed by atoms with Gasteiger partial charge in [-0.2, -0.15) is 0 Å². The van der Waals surface area contributed by atoms with Crippen LogP contribution in [0, 0.1) is 13.8 Å². The van der Waals surface area contributed by atoms with Crippen LogP contribution in [-0.4, -0.2) is 10.9 Å². The molecule has 1 amide bonds. The lowest BCUT2D eigenvalue weighted by atomic mass is 9.90. The number of aromatic nitrogens is 1. The van der Waals surface area contributed by atoms with E-state index in [1.54, 1.807) is 11.3 Å². The summed E-state index contributed by atoms with van der Waals surface area (Å²) in [5.41, 5.74) is 11.3. The smallest absolute Gasteiger partial charge is 0.228 e. The molecule has 0 aliphatic carbocycles. The molecule has 0 spiro atoms. The van der Waals surface area contributed by atoms with Gasteiger partial charge >= 0.3 is 0 Å². The van der Waals surface area contributed by atoms with Crippen LogP contribution < -0.4 is 5.73 Å². The van der Waals surface area contributed by atoms with Crippen LogP contribution in [0.1, 0.15) is 48.8 Å². The lowest BCUT2D eigenvalue weighted by Crippen LogP contribution is -2.34. The number of aryl methyl sites for hydroxylation is 3. The van der Waals surface area contributed by atoms with Gasteiger partial charge in [0.15, 0.2) is 0 Å². The summed E-state index contributed by atoms with van der Waals surface area (Å²) in [5.74, 6) is -0.289. The third-order valence-electron chi connectivity index (χ3n) is 4.84. The maximum Gasteiger partial charge on any atom is 0.228 e. The van der Waals surface area contributed by atoms with E-state index in [9.17, 15) is 4.79 Å². The molecule has 3 N–H and O–H groups in total. The minimum Gasteiger partial charge on any atom is -0.369 e. The van der Waals surface area contributed by atoms with E-state index in [2.05, 4.69) is 50.0 Å². The first-order valence-electron chi connectivity index (χ1n) is 8.77. The van der Waals surface area contributed by atoms with Crippen LogP contribution in [0.3, 0.4) is 0 Å². The molecule has 0 bridgehead atoms. The van der Waals surface area contributed by atoms with Gasteiger partial charge in [-0.15, -0.1) is 11.3 Å². The summed E-state index contributed by atoms with van der Waals surface area (Å²) >= 11 is 1.64. The second-order valence-corrected chi connectivity index (χ2v) is 8.50. The Kier molecular flexibility index (Phi) is 4.50. The van der Waals surface area contributed by atoms with Crippen molar-refractivity contribution in [3.8, 4) is 11.3 Å². The highest BCUT2D eigenvalue weighted by Crippen LogP contribution is 2.40. The van der Waals surface area contributed by atoms with E-state index in [4.69, 9.17) is 5.73 Å². The number of carbonyl (C=O) groups excluding carboxylic acids is 1. The Bertz CT molecular complexity index is 926. The van der Waals surface area contributed by atoms with Gasteiger partial charge in [0, 0.05) is 10.3 Å². The number of fused-ring (bicyclic) bond motifs is 1. The molecule has 0 fully saturated rings. The Balaban J connectivity index is 2.19. The first kappa shape index (κ1) is 17.7. The van der Waals surface area contributed by atoms with Gasteiger partial charge < -0.3 is 10.7 Å². The zero-order valence-corrected chi connectivity index (χ0v) is 16.4. The van der Waals surface area contributed by atoms with Gasteiger partial charge in [0.2, 0.25) is 5.91 Å². The molecule has 2 heterocycles. The van der Waals surface area contributed by atoms with Crippen molar-refractivity contribution in [3.63, 3.8) is 0 Å². The lowest BCUT2D eigenvalue weighted by Gasteiger charge is -2.18. The molecule has 0 saturated heterocycles. The molecule has 0 radical (unpaired) electrons.